The highest BCUT2D eigenvalue weighted by molar-refractivity contribution is 5.84. The molecule has 0 fully saturated rings. The predicted molar refractivity (Wildman–Crippen MR) is 96.3 cm³/mol. The Labute approximate surface area is 142 Å². The summed E-state index contributed by atoms with van der Waals surface area (Å²) < 4.78 is 7.19. The zero-order valence-electron chi connectivity index (χ0n) is 13.9. The average molecular weight is 322 g/mol. The SMILES string of the molecule is COc1ccc2c(ccn2CC(=O)NCCCc2ccccc2)c1. The molecule has 0 atom stereocenters. The van der Waals surface area contributed by atoms with Crippen LogP contribution in [0.5, 0.6) is 5.75 Å². The molecule has 1 heterocycles. The van der Waals surface area contributed by atoms with Gasteiger partial charge in [-0.1, -0.05) is 30.3 Å². The zero-order chi connectivity index (χ0) is 16.8. The minimum Gasteiger partial charge on any atom is -0.497 e. The first-order valence-corrected chi connectivity index (χ1v) is 8.20. The van der Waals surface area contributed by atoms with Crippen molar-refractivity contribution in [2.75, 3.05) is 13.7 Å². The molecule has 0 spiro atoms. The molecule has 0 bridgehead atoms. The summed E-state index contributed by atoms with van der Waals surface area (Å²) in [7, 11) is 1.65. The van der Waals surface area contributed by atoms with Crippen LogP contribution >= 0.6 is 0 Å². The number of ether oxygens (including phenoxy) is 1. The zero-order valence-corrected chi connectivity index (χ0v) is 13.9. The molecular formula is C20H22N2O2. The molecule has 3 rings (SSSR count). The summed E-state index contributed by atoms with van der Waals surface area (Å²) in [6, 6.07) is 18.2. The minimum absolute atomic E-state index is 0.0383. The van der Waals surface area contributed by atoms with Crippen LogP contribution in [0.3, 0.4) is 0 Å². The van der Waals surface area contributed by atoms with Gasteiger partial charge in [-0.25, -0.2) is 0 Å². The smallest absolute Gasteiger partial charge is 0.239 e. The molecule has 0 radical (unpaired) electrons. The van der Waals surface area contributed by atoms with Crippen molar-refractivity contribution in [3.8, 4) is 5.75 Å². The van der Waals surface area contributed by atoms with Crippen LogP contribution in [-0.2, 0) is 17.8 Å². The van der Waals surface area contributed by atoms with Gasteiger partial charge in [-0.05, 0) is 42.7 Å². The van der Waals surface area contributed by atoms with E-state index in [1.54, 1.807) is 7.11 Å². The predicted octanol–water partition coefficient (Wildman–Crippen LogP) is 3.40. The van der Waals surface area contributed by atoms with Crippen LogP contribution in [0.4, 0.5) is 0 Å². The second-order valence-corrected chi connectivity index (χ2v) is 5.81. The van der Waals surface area contributed by atoms with Crippen molar-refractivity contribution in [2.45, 2.75) is 19.4 Å². The number of carbonyl (C=O) groups is 1. The van der Waals surface area contributed by atoms with Crippen molar-refractivity contribution in [3.05, 3.63) is 66.4 Å². The summed E-state index contributed by atoms with van der Waals surface area (Å²) in [6.45, 7) is 1.03. The Morgan fingerprint density at radius 1 is 1.12 bits per heavy atom. The first kappa shape index (κ1) is 16.1. The fourth-order valence-electron chi connectivity index (χ4n) is 2.82. The van der Waals surface area contributed by atoms with Crippen LogP contribution in [0.25, 0.3) is 10.9 Å². The van der Waals surface area contributed by atoms with E-state index in [-0.39, 0.29) is 5.91 Å². The lowest BCUT2D eigenvalue weighted by molar-refractivity contribution is -0.121. The van der Waals surface area contributed by atoms with Gasteiger partial charge in [0, 0.05) is 23.6 Å². The van der Waals surface area contributed by atoms with Gasteiger partial charge < -0.3 is 14.6 Å². The number of fused-ring (bicyclic) bond motifs is 1. The Morgan fingerprint density at radius 2 is 1.96 bits per heavy atom. The Hall–Kier alpha value is -2.75. The van der Waals surface area contributed by atoms with Crippen molar-refractivity contribution in [2.24, 2.45) is 0 Å². The van der Waals surface area contributed by atoms with E-state index in [4.69, 9.17) is 4.74 Å². The van der Waals surface area contributed by atoms with Crippen molar-refractivity contribution >= 4 is 16.8 Å². The summed E-state index contributed by atoms with van der Waals surface area (Å²) in [5.74, 6) is 0.863. The maximum atomic E-state index is 12.1. The monoisotopic (exact) mass is 322 g/mol. The molecule has 2 aromatic carbocycles. The number of aromatic nitrogens is 1. The number of carbonyl (C=O) groups excluding carboxylic acids is 1. The van der Waals surface area contributed by atoms with E-state index in [2.05, 4.69) is 17.4 Å². The normalized spacial score (nSPS) is 10.7. The van der Waals surface area contributed by atoms with Gasteiger partial charge in [-0.15, -0.1) is 0 Å². The maximum absolute atomic E-state index is 12.1. The summed E-state index contributed by atoms with van der Waals surface area (Å²) in [4.78, 5) is 12.1. The van der Waals surface area contributed by atoms with Crippen LogP contribution in [0.2, 0.25) is 0 Å². The second-order valence-electron chi connectivity index (χ2n) is 5.81. The standard InChI is InChI=1S/C20H22N2O2/c1-24-18-9-10-19-17(14-18)11-13-22(19)15-20(23)21-12-5-8-16-6-3-2-4-7-16/h2-4,6-7,9-11,13-14H,5,8,12,15H2,1H3,(H,21,23). The molecular weight excluding hydrogens is 300 g/mol. The van der Waals surface area contributed by atoms with Crippen molar-refractivity contribution in [1.82, 2.24) is 9.88 Å². The lowest BCUT2D eigenvalue weighted by Crippen LogP contribution is -2.28. The van der Waals surface area contributed by atoms with Gasteiger partial charge in [-0.3, -0.25) is 4.79 Å². The molecule has 1 aromatic heterocycles. The number of amides is 1. The molecule has 1 N–H and O–H groups in total. The van der Waals surface area contributed by atoms with E-state index in [1.807, 2.05) is 53.2 Å². The van der Waals surface area contributed by atoms with Gasteiger partial charge >= 0.3 is 0 Å². The van der Waals surface area contributed by atoms with E-state index in [1.165, 1.54) is 5.56 Å². The molecule has 1 amide bonds. The third-order valence-electron chi connectivity index (χ3n) is 4.10. The summed E-state index contributed by atoms with van der Waals surface area (Å²) in [5.41, 5.74) is 2.34. The number of hydrogen-bond donors (Lipinski definition) is 1. The molecule has 4 heteroatoms. The van der Waals surface area contributed by atoms with Gasteiger partial charge in [0.1, 0.15) is 12.3 Å². The van der Waals surface area contributed by atoms with Crippen molar-refractivity contribution < 1.29 is 9.53 Å². The van der Waals surface area contributed by atoms with Gasteiger partial charge in [0.25, 0.3) is 0 Å². The summed E-state index contributed by atoms with van der Waals surface area (Å²) in [6.07, 6.45) is 3.86. The Morgan fingerprint density at radius 3 is 2.75 bits per heavy atom. The lowest BCUT2D eigenvalue weighted by atomic mass is 10.1. The molecule has 0 unspecified atom stereocenters. The maximum Gasteiger partial charge on any atom is 0.239 e. The van der Waals surface area contributed by atoms with E-state index in [0.29, 0.717) is 13.1 Å². The quantitative estimate of drug-likeness (QED) is 0.678. The number of nitrogens with zero attached hydrogens (tertiary/aromatic N) is 1. The lowest BCUT2D eigenvalue weighted by Gasteiger charge is -2.08. The highest BCUT2D eigenvalue weighted by Gasteiger charge is 2.06. The highest BCUT2D eigenvalue weighted by Crippen LogP contribution is 2.21. The topological polar surface area (TPSA) is 43.3 Å². The van der Waals surface area contributed by atoms with E-state index in [0.717, 1.165) is 29.5 Å². The van der Waals surface area contributed by atoms with Gasteiger partial charge in [0.15, 0.2) is 0 Å². The largest absolute Gasteiger partial charge is 0.497 e. The Kier molecular flexibility index (Phi) is 5.16. The third kappa shape index (κ3) is 3.96. The molecule has 0 aliphatic carbocycles. The van der Waals surface area contributed by atoms with Crippen molar-refractivity contribution in [1.29, 1.82) is 0 Å². The molecule has 0 aliphatic heterocycles. The van der Waals surface area contributed by atoms with Crippen LogP contribution in [0.1, 0.15) is 12.0 Å². The van der Waals surface area contributed by atoms with Gasteiger partial charge in [-0.2, -0.15) is 0 Å². The Balaban J connectivity index is 1.50. The second kappa shape index (κ2) is 7.68. The number of aryl methyl sites for hydroxylation is 1. The van der Waals surface area contributed by atoms with Crippen LogP contribution in [0, 0.1) is 0 Å². The first-order chi connectivity index (χ1) is 11.8. The fourth-order valence-corrected chi connectivity index (χ4v) is 2.82. The first-order valence-electron chi connectivity index (χ1n) is 8.20. The molecule has 24 heavy (non-hydrogen) atoms. The average Bonchev–Trinajstić information content (AvgIpc) is 3.01. The molecule has 4 nitrogen and oxygen atoms in total. The van der Waals surface area contributed by atoms with Crippen LogP contribution in [-0.4, -0.2) is 24.1 Å². The van der Waals surface area contributed by atoms with Crippen LogP contribution in [0.15, 0.2) is 60.8 Å². The van der Waals surface area contributed by atoms with Gasteiger partial charge in [0.05, 0.1) is 7.11 Å². The third-order valence-corrected chi connectivity index (χ3v) is 4.10. The molecule has 0 saturated heterocycles. The van der Waals surface area contributed by atoms with E-state index in [9.17, 15) is 4.79 Å². The van der Waals surface area contributed by atoms with E-state index >= 15 is 0 Å². The van der Waals surface area contributed by atoms with Crippen molar-refractivity contribution in [3.63, 3.8) is 0 Å². The molecule has 3 aromatic rings. The highest BCUT2D eigenvalue weighted by atomic mass is 16.5. The number of benzene rings is 2. The molecule has 0 saturated carbocycles. The number of hydrogen-bond acceptors (Lipinski definition) is 2. The Bertz CT molecular complexity index is 809. The number of nitrogens with one attached hydrogen (secondary N) is 1. The minimum atomic E-state index is 0.0383. The fraction of sp³-hybridized carbons (Fsp3) is 0.250. The van der Waals surface area contributed by atoms with Crippen LogP contribution < -0.4 is 10.1 Å². The number of methoxy groups -OCH3 is 1. The summed E-state index contributed by atoms with van der Waals surface area (Å²) >= 11 is 0. The number of rotatable bonds is 7. The van der Waals surface area contributed by atoms with Gasteiger partial charge in [0.2, 0.25) is 5.91 Å². The molecule has 0 aliphatic rings. The molecule has 124 valence electrons. The summed E-state index contributed by atoms with van der Waals surface area (Å²) in [5, 5.41) is 4.07. The van der Waals surface area contributed by atoms with E-state index < -0.39 is 0 Å².